The van der Waals surface area contributed by atoms with Crippen LogP contribution in [-0.4, -0.2) is 29.1 Å². The number of nitrogens with zero attached hydrogens (tertiary/aromatic N) is 6. The van der Waals surface area contributed by atoms with Crippen LogP contribution in [-0.2, 0) is 0 Å². The second-order valence-electron chi connectivity index (χ2n) is 14.7. The van der Waals surface area contributed by atoms with Crippen LogP contribution in [0.5, 0.6) is 0 Å². The predicted molar refractivity (Wildman–Crippen MR) is 238 cm³/mol. The highest BCUT2D eigenvalue weighted by Crippen LogP contribution is 2.42. The van der Waals surface area contributed by atoms with Crippen molar-refractivity contribution < 1.29 is 4.42 Å². The zero-order valence-corrected chi connectivity index (χ0v) is 31.6. The molecule has 7 heteroatoms. The minimum atomic E-state index is 0.498. The average molecular weight is 757 g/mol. The first-order valence-corrected chi connectivity index (χ1v) is 19.7. The molecule has 4 aromatic heterocycles. The molecule has 276 valence electrons. The molecule has 8 aromatic carbocycles. The Morgan fingerprint density at radius 2 is 0.898 bits per heavy atom. The Morgan fingerprint density at radius 1 is 0.356 bits per heavy atom. The molecule has 0 atom stereocenters. The van der Waals surface area contributed by atoms with Gasteiger partial charge >= 0.3 is 0 Å². The first-order chi connectivity index (χ1) is 29.3. The Hall–Kier alpha value is -8.16. The summed E-state index contributed by atoms with van der Waals surface area (Å²) in [5, 5.41) is 4.53. The van der Waals surface area contributed by atoms with E-state index in [-0.39, 0.29) is 0 Å². The quantitative estimate of drug-likeness (QED) is 0.169. The van der Waals surface area contributed by atoms with E-state index in [0.717, 1.165) is 71.7 Å². The number of hydrogen-bond donors (Lipinski definition) is 0. The molecule has 0 aliphatic rings. The third-order valence-electron chi connectivity index (χ3n) is 11.2. The summed E-state index contributed by atoms with van der Waals surface area (Å²) < 4.78 is 10.9. The summed E-state index contributed by atoms with van der Waals surface area (Å²) in [5.41, 5.74) is 11.4. The first kappa shape index (κ1) is 33.0. The molecule has 0 bridgehead atoms. The van der Waals surface area contributed by atoms with E-state index < -0.39 is 0 Å². The van der Waals surface area contributed by atoms with Crippen molar-refractivity contribution >= 4 is 54.7 Å². The monoisotopic (exact) mass is 756 g/mol. The molecule has 4 heterocycles. The normalized spacial score (nSPS) is 11.7. The van der Waals surface area contributed by atoms with Crippen LogP contribution < -0.4 is 0 Å². The minimum absolute atomic E-state index is 0.498. The molecule has 59 heavy (non-hydrogen) atoms. The Morgan fingerprint density at radius 3 is 1.59 bits per heavy atom. The van der Waals surface area contributed by atoms with Gasteiger partial charge in [-0.05, 0) is 59.7 Å². The highest BCUT2D eigenvalue weighted by molar-refractivity contribution is 6.23. The number of aromatic nitrogens is 6. The maximum Gasteiger partial charge on any atom is 0.238 e. The van der Waals surface area contributed by atoms with E-state index in [2.05, 4.69) is 149 Å². The SMILES string of the molecule is c1ccc(-c2ccc(-c3nc(-c4cccc5oc(-c6ccccc6)nc45)nc(-n4c5ccccc5c5ccc6c7ccccc7n(-c7ccccc7)c6c54)n3)cc2)cc1. The Balaban J connectivity index is 1.17. The summed E-state index contributed by atoms with van der Waals surface area (Å²) in [6, 6.07) is 66.9. The van der Waals surface area contributed by atoms with Crippen LogP contribution in [0.25, 0.3) is 112 Å². The van der Waals surface area contributed by atoms with Gasteiger partial charge in [-0.1, -0.05) is 146 Å². The lowest BCUT2D eigenvalue weighted by molar-refractivity contribution is 0.620. The molecular formula is C52H32N6O. The van der Waals surface area contributed by atoms with E-state index in [1.807, 2.05) is 54.6 Å². The fourth-order valence-corrected chi connectivity index (χ4v) is 8.54. The number of rotatable bonds is 6. The van der Waals surface area contributed by atoms with E-state index in [1.54, 1.807) is 0 Å². The molecule has 12 aromatic rings. The number of oxazole rings is 1. The summed E-state index contributed by atoms with van der Waals surface area (Å²) in [6.45, 7) is 0. The van der Waals surface area contributed by atoms with Gasteiger partial charge in [0.25, 0.3) is 0 Å². The fraction of sp³-hybridized carbons (Fsp3) is 0. The molecule has 0 aliphatic carbocycles. The number of para-hydroxylation sites is 4. The Kier molecular flexibility index (Phi) is 7.40. The zero-order valence-electron chi connectivity index (χ0n) is 31.6. The molecule has 0 amide bonds. The lowest BCUT2D eigenvalue weighted by atomic mass is 10.0. The standard InChI is InChI=1S/C52H32N6O/c1-4-15-33(16-5-1)34-27-29-35(30-28-34)49-54-50(42-23-14-26-45-46(42)53-51(59-45)36-17-6-2-7-18-36)56-52(55-49)58-44-25-13-11-22-39(44)41-32-31-40-38-21-10-12-24-43(38)57(47(40)48(41)58)37-19-8-3-9-20-37/h1-32H. The maximum atomic E-state index is 6.35. The van der Waals surface area contributed by atoms with Crippen LogP contribution in [0.15, 0.2) is 199 Å². The van der Waals surface area contributed by atoms with Gasteiger partial charge in [-0.15, -0.1) is 0 Å². The van der Waals surface area contributed by atoms with Crippen LogP contribution in [0, 0.1) is 0 Å². The van der Waals surface area contributed by atoms with Crippen molar-refractivity contribution in [2.45, 2.75) is 0 Å². The van der Waals surface area contributed by atoms with E-state index in [9.17, 15) is 0 Å². The van der Waals surface area contributed by atoms with Gasteiger partial charge in [0.15, 0.2) is 17.2 Å². The van der Waals surface area contributed by atoms with Gasteiger partial charge < -0.3 is 8.98 Å². The van der Waals surface area contributed by atoms with Crippen LogP contribution in [0.1, 0.15) is 0 Å². The summed E-state index contributed by atoms with van der Waals surface area (Å²) in [5.74, 6) is 2.09. The second kappa shape index (κ2) is 13.2. The van der Waals surface area contributed by atoms with Crippen LogP contribution in [0.4, 0.5) is 0 Å². The third kappa shape index (κ3) is 5.29. The Bertz CT molecular complexity index is 3530. The van der Waals surface area contributed by atoms with Crippen molar-refractivity contribution in [2.75, 3.05) is 0 Å². The topological polar surface area (TPSA) is 74.6 Å². The Labute approximate surface area is 338 Å². The fourth-order valence-electron chi connectivity index (χ4n) is 8.54. The first-order valence-electron chi connectivity index (χ1n) is 19.7. The molecular weight excluding hydrogens is 725 g/mol. The van der Waals surface area contributed by atoms with Crippen molar-refractivity contribution in [3.8, 4) is 57.0 Å². The molecule has 0 saturated heterocycles. The van der Waals surface area contributed by atoms with Gasteiger partial charge in [0.05, 0.1) is 22.1 Å². The molecule has 0 N–H and O–H groups in total. The van der Waals surface area contributed by atoms with E-state index in [1.165, 1.54) is 5.39 Å². The highest BCUT2D eigenvalue weighted by Gasteiger charge is 2.24. The summed E-state index contributed by atoms with van der Waals surface area (Å²) in [7, 11) is 0. The van der Waals surface area contributed by atoms with Gasteiger partial charge in [0, 0.05) is 43.9 Å². The van der Waals surface area contributed by atoms with Crippen molar-refractivity contribution in [3.05, 3.63) is 194 Å². The minimum Gasteiger partial charge on any atom is -0.436 e. The third-order valence-corrected chi connectivity index (χ3v) is 11.2. The van der Waals surface area contributed by atoms with Gasteiger partial charge in [0.1, 0.15) is 5.52 Å². The van der Waals surface area contributed by atoms with Crippen LogP contribution in [0.3, 0.4) is 0 Å². The molecule has 0 radical (unpaired) electrons. The molecule has 0 saturated carbocycles. The number of fused-ring (bicyclic) bond motifs is 8. The average Bonchev–Trinajstić information content (AvgIpc) is 4.00. The van der Waals surface area contributed by atoms with Crippen molar-refractivity contribution in [1.29, 1.82) is 0 Å². The van der Waals surface area contributed by atoms with Crippen molar-refractivity contribution in [1.82, 2.24) is 29.1 Å². The smallest absolute Gasteiger partial charge is 0.238 e. The van der Waals surface area contributed by atoms with Crippen LogP contribution in [0.2, 0.25) is 0 Å². The largest absolute Gasteiger partial charge is 0.436 e. The number of hydrogen-bond acceptors (Lipinski definition) is 5. The van der Waals surface area contributed by atoms with Gasteiger partial charge in [-0.3, -0.25) is 4.57 Å². The van der Waals surface area contributed by atoms with Crippen molar-refractivity contribution in [2.24, 2.45) is 0 Å². The van der Waals surface area contributed by atoms with Gasteiger partial charge in [-0.25, -0.2) is 9.97 Å². The molecule has 7 nitrogen and oxygen atoms in total. The maximum absolute atomic E-state index is 6.35. The zero-order chi connectivity index (χ0) is 38.9. The highest BCUT2D eigenvalue weighted by atomic mass is 16.3. The molecule has 0 fully saturated rings. The number of benzene rings is 8. The molecule has 12 rings (SSSR count). The van der Waals surface area contributed by atoms with Crippen LogP contribution >= 0.6 is 0 Å². The molecule has 0 aliphatic heterocycles. The lowest BCUT2D eigenvalue weighted by Crippen LogP contribution is -2.07. The summed E-state index contributed by atoms with van der Waals surface area (Å²) in [4.78, 5) is 21.0. The lowest BCUT2D eigenvalue weighted by Gasteiger charge is -2.13. The van der Waals surface area contributed by atoms with Gasteiger partial charge in [0.2, 0.25) is 11.8 Å². The van der Waals surface area contributed by atoms with E-state index in [0.29, 0.717) is 34.6 Å². The summed E-state index contributed by atoms with van der Waals surface area (Å²) in [6.07, 6.45) is 0. The predicted octanol–water partition coefficient (Wildman–Crippen LogP) is 12.9. The molecule has 0 spiro atoms. The van der Waals surface area contributed by atoms with Crippen molar-refractivity contribution in [3.63, 3.8) is 0 Å². The van der Waals surface area contributed by atoms with E-state index >= 15 is 0 Å². The van der Waals surface area contributed by atoms with E-state index in [4.69, 9.17) is 24.4 Å². The second-order valence-corrected chi connectivity index (χ2v) is 14.7. The molecule has 0 unspecified atom stereocenters. The van der Waals surface area contributed by atoms with Gasteiger partial charge in [-0.2, -0.15) is 9.97 Å². The summed E-state index contributed by atoms with van der Waals surface area (Å²) >= 11 is 0.